The number of carbonyl (C=O) groups excluding carboxylic acids is 1. The Balaban J connectivity index is 2.04. The van der Waals surface area contributed by atoms with E-state index in [1.807, 2.05) is 50.2 Å². The van der Waals surface area contributed by atoms with Crippen molar-refractivity contribution in [1.82, 2.24) is 9.78 Å². The summed E-state index contributed by atoms with van der Waals surface area (Å²) in [5, 5.41) is 7.03. The average Bonchev–Trinajstić information content (AvgIpc) is 2.75. The van der Waals surface area contributed by atoms with Gasteiger partial charge in [-0.1, -0.05) is 25.1 Å². The van der Waals surface area contributed by atoms with Gasteiger partial charge in [-0.2, -0.15) is 5.10 Å². The lowest BCUT2D eigenvalue weighted by atomic mass is 10.2. The topological polar surface area (TPSA) is 56.1 Å². The lowest BCUT2D eigenvalue weighted by molar-refractivity contribution is -0.122. The summed E-state index contributed by atoms with van der Waals surface area (Å²) < 4.78 is 7.34. The van der Waals surface area contributed by atoms with Crippen LogP contribution in [0.3, 0.4) is 0 Å². The van der Waals surface area contributed by atoms with Gasteiger partial charge in [-0.05, 0) is 25.5 Å². The molecule has 1 heterocycles. The smallest absolute Gasteiger partial charge is 0.266 e. The van der Waals surface area contributed by atoms with Crippen LogP contribution in [-0.2, 0) is 11.8 Å². The number of hydrogen-bond donors (Lipinski definition) is 1. The van der Waals surface area contributed by atoms with Crippen molar-refractivity contribution in [3.63, 3.8) is 0 Å². The van der Waals surface area contributed by atoms with E-state index in [1.54, 1.807) is 11.7 Å². The van der Waals surface area contributed by atoms with Gasteiger partial charge >= 0.3 is 0 Å². The number of aromatic nitrogens is 2. The molecule has 0 aliphatic carbocycles. The number of nitrogens with zero attached hydrogens (tertiary/aromatic N) is 2. The van der Waals surface area contributed by atoms with E-state index in [0.717, 1.165) is 5.69 Å². The van der Waals surface area contributed by atoms with Crippen LogP contribution in [0.25, 0.3) is 0 Å². The zero-order valence-electron chi connectivity index (χ0n) is 12.0. The summed E-state index contributed by atoms with van der Waals surface area (Å²) in [7, 11) is 1.79. The molecule has 0 aliphatic heterocycles. The minimum Gasteiger partial charge on any atom is -0.481 e. The van der Waals surface area contributed by atoms with Gasteiger partial charge in [0.2, 0.25) is 0 Å². The van der Waals surface area contributed by atoms with E-state index in [9.17, 15) is 4.79 Å². The van der Waals surface area contributed by atoms with Crippen molar-refractivity contribution in [2.45, 2.75) is 26.4 Å². The highest BCUT2D eigenvalue weighted by molar-refractivity contribution is 5.93. The van der Waals surface area contributed by atoms with Gasteiger partial charge in [-0.15, -0.1) is 0 Å². The molecule has 0 bridgehead atoms. The number of aryl methyl sites for hydroxylation is 2. The number of anilines is 1. The van der Waals surface area contributed by atoms with E-state index in [2.05, 4.69) is 10.4 Å². The number of benzene rings is 1. The van der Waals surface area contributed by atoms with Crippen molar-refractivity contribution >= 4 is 11.7 Å². The van der Waals surface area contributed by atoms with Crippen molar-refractivity contribution in [3.05, 3.63) is 42.1 Å². The van der Waals surface area contributed by atoms with Gasteiger partial charge < -0.3 is 10.1 Å². The Hall–Kier alpha value is -2.30. The van der Waals surface area contributed by atoms with Crippen LogP contribution in [-0.4, -0.2) is 21.8 Å². The van der Waals surface area contributed by atoms with Crippen LogP contribution >= 0.6 is 0 Å². The number of rotatable bonds is 5. The Morgan fingerprint density at radius 3 is 2.65 bits per heavy atom. The summed E-state index contributed by atoms with van der Waals surface area (Å²) in [6.45, 7) is 3.80. The third-order valence-corrected chi connectivity index (χ3v) is 2.94. The fourth-order valence-corrected chi connectivity index (χ4v) is 1.92. The zero-order chi connectivity index (χ0) is 14.5. The van der Waals surface area contributed by atoms with E-state index >= 15 is 0 Å². The maximum Gasteiger partial charge on any atom is 0.266 e. The molecule has 0 saturated heterocycles. The Morgan fingerprint density at radius 2 is 2.10 bits per heavy atom. The molecule has 1 N–H and O–H groups in total. The van der Waals surface area contributed by atoms with Crippen LogP contribution in [0.2, 0.25) is 0 Å². The van der Waals surface area contributed by atoms with E-state index in [4.69, 9.17) is 4.74 Å². The van der Waals surface area contributed by atoms with Crippen LogP contribution in [0.15, 0.2) is 36.4 Å². The molecule has 106 valence electrons. The van der Waals surface area contributed by atoms with Crippen LogP contribution < -0.4 is 10.1 Å². The number of para-hydroxylation sites is 1. The van der Waals surface area contributed by atoms with Gasteiger partial charge in [0.25, 0.3) is 5.91 Å². The molecule has 20 heavy (non-hydrogen) atoms. The standard InChI is InChI=1S/C15H19N3O2/c1-4-13(20-12-8-6-5-7-9-12)15(19)16-14-10-11(2)17-18(14)3/h5-10,13H,4H2,1-3H3,(H,16,19)/t13-/m1/s1. The second kappa shape index (κ2) is 6.23. The minimum atomic E-state index is -0.521. The Morgan fingerprint density at radius 1 is 1.40 bits per heavy atom. The predicted molar refractivity (Wildman–Crippen MR) is 77.7 cm³/mol. The maximum atomic E-state index is 12.2. The first-order valence-electron chi connectivity index (χ1n) is 6.63. The first-order valence-corrected chi connectivity index (χ1v) is 6.63. The molecule has 5 heteroatoms. The molecule has 1 atom stereocenters. The van der Waals surface area contributed by atoms with E-state index in [1.165, 1.54) is 0 Å². The van der Waals surface area contributed by atoms with Crippen LogP contribution in [0.5, 0.6) is 5.75 Å². The molecule has 1 aromatic heterocycles. The normalized spacial score (nSPS) is 11.9. The quantitative estimate of drug-likeness (QED) is 0.910. The Bertz CT molecular complexity index is 578. The van der Waals surface area contributed by atoms with Gasteiger partial charge in [-0.3, -0.25) is 9.48 Å². The van der Waals surface area contributed by atoms with Crippen LogP contribution in [0.4, 0.5) is 5.82 Å². The molecule has 0 saturated carbocycles. The number of amides is 1. The fraction of sp³-hybridized carbons (Fsp3) is 0.333. The SMILES string of the molecule is CC[C@@H](Oc1ccccc1)C(=O)Nc1cc(C)nn1C. The lowest BCUT2D eigenvalue weighted by Gasteiger charge is -2.17. The minimum absolute atomic E-state index is 0.167. The maximum absolute atomic E-state index is 12.2. The monoisotopic (exact) mass is 273 g/mol. The molecule has 2 rings (SSSR count). The number of ether oxygens (including phenoxy) is 1. The predicted octanol–water partition coefficient (Wildman–Crippen LogP) is 2.52. The third kappa shape index (κ3) is 3.38. The van der Waals surface area contributed by atoms with Gasteiger partial charge in [-0.25, -0.2) is 0 Å². The lowest BCUT2D eigenvalue weighted by Crippen LogP contribution is -2.33. The molecular weight excluding hydrogens is 254 g/mol. The van der Waals surface area contributed by atoms with Crippen molar-refractivity contribution < 1.29 is 9.53 Å². The summed E-state index contributed by atoms with van der Waals surface area (Å²) in [4.78, 5) is 12.2. The van der Waals surface area contributed by atoms with Gasteiger partial charge in [0.05, 0.1) is 5.69 Å². The molecule has 1 aromatic carbocycles. The molecule has 2 aromatic rings. The molecule has 1 amide bonds. The van der Waals surface area contributed by atoms with Crippen LogP contribution in [0.1, 0.15) is 19.0 Å². The van der Waals surface area contributed by atoms with Crippen molar-refractivity contribution in [2.75, 3.05) is 5.32 Å². The van der Waals surface area contributed by atoms with Crippen LogP contribution in [0, 0.1) is 6.92 Å². The van der Waals surface area contributed by atoms with E-state index in [0.29, 0.717) is 18.0 Å². The molecular formula is C15H19N3O2. The van der Waals surface area contributed by atoms with Crippen molar-refractivity contribution in [1.29, 1.82) is 0 Å². The van der Waals surface area contributed by atoms with Gasteiger partial charge in [0.1, 0.15) is 11.6 Å². The molecule has 0 unspecified atom stereocenters. The Labute approximate surface area is 118 Å². The molecule has 0 aliphatic rings. The summed E-state index contributed by atoms with van der Waals surface area (Å²) in [5.41, 5.74) is 0.861. The second-order valence-corrected chi connectivity index (χ2v) is 4.61. The first kappa shape index (κ1) is 14.1. The number of hydrogen-bond acceptors (Lipinski definition) is 3. The van der Waals surface area contributed by atoms with E-state index in [-0.39, 0.29) is 5.91 Å². The zero-order valence-corrected chi connectivity index (χ0v) is 12.0. The van der Waals surface area contributed by atoms with Crippen molar-refractivity contribution in [3.8, 4) is 5.75 Å². The highest BCUT2D eigenvalue weighted by Crippen LogP contribution is 2.14. The fourth-order valence-electron chi connectivity index (χ4n) is 1.92. The highest BCUT2D eigenvalue weighted by Gasteiger charge is 2.19. The molecule has 0 fully saturated rings. The van der Waals surface area contributed by atoms with E-state index < -0.39 is 6.10 Å². The average molecular weight is 273 g/mol. The summed E-state index contributed by atoms with van der Waals surface area (Å²) in [6.07, 6.45) is 0.0741. The summed E-state index contributed by atoms with van der Waals surface area (Å²) >= 11 is 0. The van der Waals surface area contributed by atoms with Crippen molar-refractivity contribution in [2.24, 2.45) is 7.05 Å². The van der Waals surface area contributed by atoms with Gasteiger partial charge in [0.15, 0.2) is 6.10 Å². The highest BCUT2D eigenvalue weighted by atomic mass is 16.5. The molecule has 0 spiro atoms. The Kier molecular flexibility index (Phi) is 4.40. The summed E-state index contributed by atoms with van der Waals surface area (Å²) in [5.74, 6) is 1.19. The third-order valence-electron chi connectivity index (χ3n) is 2.94. The second-order valence-electron chi connectivity index (χ2n) is 4.61. The number of nitrogens with one attached hydrogen (secondary N) is 1. The van der Waals surface area contributed by atoms with Gasteiger partial charge in [0, 0.05) is 13.1 Å². The molecule has 0 radical (unpaired) electrons. The summed E-state index contributed by atoms with van der Waals surface area (Å²) in [6, 6.07) is 11.2. The number of carbonyl (C=O) groups is 1. The molecule has 5 nitrogen and oxygen atoms in total. The first-order chi connectivity index (χ1) is 9.60. The largest absolute Gasteiger partial charge is 0.481 e.